The smallest absolute Gasteiger partial charge is 0.329 e. The molecule has 69 heavy (non-hydrogen) atoms. The van der Waals surface area contributed by atoms with Crippen LogP contribution in [0.3, 0.4) is 0 Å². The molecule has 17 nitrogen and oxygen atoms in total. The Morgan fingerprint density at radius 3 is 2.32 bits per heavy atom. The Balaban J connectivity index is 1.46. The number of aliphatic hydroxyl groups is 2. The number of cyclic esters (lactones) is 1. The van der Waals surface area contributed by atoms with Crippen molar-refractivity contribution >= 4 is 29.2 Å². The summed E-state index contributed by atoms with van der Waals surface area (Å²) in [6, 6.07) is -1.24. The minimum absolute atomic E-state index is 0.0168. The highest BCUT2D eigenvalue weighted by Gasteiger charge is 2.53. The third-order valence-electron chi connectivity index (χ3n) is 15.1. The van der Waals surface area contributed by atoms with Gasteiger partial charge in [-0.05, 0) is 112 Å². The molecular formula is C52H79N5O12. The van der Waals surface area contributed by atoms with E-state index in [1.165, 1.54) is 18.3 Å². The largest absolute Gasteiger partial charge is 0.460 e. The molecule has 15 atom stereocenters. The van der Waals surface area contributed by atoms with Crippen LogP contribution in [0, 0.1) is 35.5 Å². The summed E-state index contributed by atoms with van der Waals surface area (Å²) in [5.41, 5.74) is 1.27. The highest BCUT2D eigenvalue weighted by atomic mass is 16.6. The van der Waals surface area contributed by atoms with E-state index < -0.39 is 77.8 Å². The van der Waals surface area contributed by atoms with Gasteiger partial charge in [0.05, 0.1) is 24.4 Å². The van der Waals surface area contributed by atoms with E-state index in [0.29, 0.717) is 56.9 Å². The summed E-state index contributed by atoms with van der Waals surface area (Å²) >= 11 is 0. The van der Waals surface area contributed by atoms with Crippen LogP contribution < -0.4 is 0 Å². The topological polar surface area (TPSA) is 219 Å². The van der Waals surface area contributed by atoms with Crippen LogP contribution >= 0.6 is 0 Å². The van der Waals surface area contributed by atoms with Crippen LogP contribution in [-0.4, -0.2) is 141 Å². The van der Waals surface area contributed by atoms with Crippen molar-refractivity contribution in [1.82, 2.24) is 25.1 Å². The number of aliphatic hydroxyl groups excluding tert-OH is 1. The average molecular weight is 966 g/mol. The predicted octanol–water partition coefficient (Wildman–Crippen LogP) is 6.05. The fraction of sp³-hybridized carbons (Fsp3) is 0.731. The molecule has 2 bridgehead atoms. The normalized spacial score (nSPS) is 38.8. The number of tetrazole rings is 1. The van der Waals surface area contributed by atoms with Crippen molar-refractivity contribution < 1.29 is 57.9 Å². The van der Waals surface area contributed by atoms with Crippen molar-refractivity contribution in [2.45, 2.75) is 180 Å². The van der Waals surface area contributed by atoms with Crippen molar-refractivity contribution in [1.29, 1.82) is 0 Å². The Kier molecular flexibility index (Phi) is 20.8. The number of carbonyl (C=O) groups is 5. The zero-order valence-corrected chi connectivity index (χ0v) is 42.5. The summed E-state index contributed by atoms with van der Waals surface area (Å²) in [4.78, 5) is 73.9. The Morgan fingerprint density at radius 1 is 0.884 bits per heavy atom. The maximum atomic E-state index is 14.5. The third kappa shape index (κ3) is 14.2. The zero-order chi connectivity index (χ0) is 50.6. The summed E-state index contributed by atoms with van der Waals surface area (Å²) in [6.45, 7) is 12.8. The van der Waals surface area contributed by atoms with Crippen LogP contribution in [-0.2, 0) is 47.7 Å². The first-order valence-corrected chi connectivity index (χ1v) is 25.0. The number of methoxy groups -OCH3 is 3. The molecule has 4 aliphatic rings. The SMILES string of the molecule is CO[C@H]1C[C@@H]2CC[C@@H](C)[C@@](O)(O2)C(=O)C(=O)N2CCCC[C@H]2C(=O)O[C@H]([C@H](C)C[C@@H]2CC[C@H](n3ncnn3)[C@H](OC)C2)CC(=O)[C@H](C)/C=C(/C)[C@@H](O)[C@@H](OC)C(=O)[C@H](C)C[C@H](C)\C=C/C=C\C=C/1C. The lowest BCUT2D eigenvalue weighted by atomic mass is 9.77. The fourth-order valence-corrected chi connectivity index (χ4v) is 10.7. The minimum Gasteiger partial charge on any atom is -0.460 e. The van der Waals surface area contributed by atoms with Gasteiger partial charge in [0.1, 0.15) is 30.1 Å². The lowest BCUT2D eigenvalue weighted by Gasteiger charge is -2.42. The van der Waals surface area contributed by atoms with E-state index in [1.807, 2.05) is 58.1 Å². The molecule has 384 valence electrons. The Hall–Kier alpha value is -4.26. The summed E-state index contributed by atoms with van der Waals surface area (Å²) in [6.07, 6.45) is 13.7. The van der Waals surface area contributed by atoms with Gasteiger partial charge in [-0.15, -0.1) is 10.2 Å². The van der Waals surface area contributed by atoms with Crippen LogP contribution in [0.2, 0.25) is 0 Å². The van der Waals surface area contributed by atoms with Gasteiger partial charge in [-0.2, -0.15) is 4.80 Å². The number of hydrogen-bond donors (Lipinski definition) is 2. The van der Waals surface area contributed by atoms with Crippen LogP contribution in [0.5, 0.6) is 0 Å². The van der Waals surface area contributed by atoms with E-state index in [0.717, 1.165) is 18.4 Å². The van der Waals surface area contributed by atoms with Gasteiger partial charge in [0.2, 0.25) is 5.79 Å². The molecule has 2 N–H and O–H groups in total. The Bertz CT molecular complexity index is 2020. The van der Waals surface area contributed by atoms with E-state index in [4.69, 9.17) is 23.7 Å². The molecule has 3 aliphatic heterocycles. The van der Waals surface area contributed by atoms with Crippen LogP contribution in [0.25, 0.3) is 0 Å². The molecule has 3 fully saturated rings. The lowest BCUT2D eigenvalue weighted by molar-refractivity contribution is -0.265. The molecule has 1 aromatic rings. The maximum Gasteiger partial charge on any atom is 0.329 e. The highest BCUT2D eigenvalue weighted by Crippen LogP contribution is 2.39. The summed E-state index contributed by atoms with van der Waals surface area (Å²) in [5, 5.41) is 35.7. The molecule has 5 rings (SSSR count). The molecular weight excluding hydrogens is 887 g/mol. The molecule has 1 amide bonds. The molecule has 4 heterocycles. The molecule has 0 aromatic carbocycles. The van der Waals surface area contributed by atoms with E-state index in [9.17, 15) is 34.2 Å². The van der Waals surface area contributed by atoms with Gasteiger partial charge >= 0.3 is 5.97 Å². The van der Waals surface area contributed by atoms with Gasteiger partial charge in [-0.3, -0.25) is 19.2 Å². The van der Waals surface area contributed by atoms with Gasteiger partial charge in [-0.1, -0.05) is 71.1 Å². The van der Waals surface area contributed by atoms with E-state index >= 15 is 0 Å². The van der Waals surface area contributed by atoms with Crippen LogP contribution in [0.4, 0.5) is 0 Å². The van der Waals surface area contributed by atoms with Gasteiger partial charge in [0.25, 0.3) is 11.7 Å². The molecule has 0 radical (unpaired) electrons. The van der Waals surface area contributed by atoms with Crippen molar-refractivity contribution in [3.63, 3.8) is 0 Å². The van der Waals surface area contributed by atoms with E-state index in [2.05, 4.69) is 15.4 Å². The molecule has 17 heteroatoms. The number of fused-ring (bicyclic) bond motifs is 3. The van der Waals surface area contributed by atoms with Gasteiger partial charge in [-0.25, -0.2) is 4.79 Å². The number of aromatic nitrogens is 4. The molecule has 2 saturated heterocycles. The lowest BCUT2D eigenvalue weighted by Crippen LogP contribution is -2.61. The number of piperidine rings is 1. The van der Waals surface area contributed by atoms with Crippen molar-refractivity contribution in [3.8, 4) is 0 Å². The number of hydrogen-bond acceptors (Lipinski definition) is 15. The number of ketones is 3. The first-order valence-electron chi connectivity index (χ1n) is 25.0. The van der Waals surface area contributed by atoms with Crippen molar-refractivity contribution in [3.05, 3.63) is 53.9 Å². The Labute approximate surface area is 408 Å². The van der Waals surface area contributed by atoms with Crippen molar-refractivity contribution in [2.24, 2.45) is 35.5 Å². The van der Waals surface area contributed by atoms with Crippen LogP contribution in [0.1, 0.15) is 132 Å². The first kappa shape index (κ1) is 55.7. The molecule has 1 aliphatic carbocycles. The monoisotopic (exact) mass is 966 g/mol. The second kappa shape index (κ2) is 25.7. The quantitative estimate of drug-likeness (QED) is 0.181. The number of ether oxygens (including phenoxy) is 5. The van der Waals surface area contributed by atoms with Gasteiger partial charge in [0.15, 0.2) is 12.1 Å². The summed E-state index contributed by atoms with van der Waals surface area (Å²) in [7, 11) is 4.61. The fourth-order valence-electron chi connectivity index (χ4n) is 10.7. The highest BCUT2D eigenvalue weighted by molar-refractivity contribution is 6.39. The number of allylic oxidation sites excluding steroid dienone is 6. The van der Waals surface area contributed by atoms with Gasteiger partial charge in [0, 0.05) is 58.5 Å². The standard InChI is InChI=1S/C52H79N5O12/c1-31-16-12-11-13-17-32(2)43(65-8)28-39-21-19-37(7)52(64,69-39)49(61)50(62)56-23-15-14-18-41(56)51(63)68-44(34(4)26-38-20-22-40(45(27-38)66-9)57-54-30-53-55-57)29-42(58)33(3)25-36(6)47(60)48(67-10)46(59)35(5)24-31/h11-13,16-17,25,30-31,33-35,37-41,43-45,47-48,60,64H,14-15,18-24,26-29H2,1-10H3/b13-11-,16-12-,32-17-,36-25-/t31-,33-,34-,35-,37-,38+,39+,40+,41+,43+,44+,45-,47-,48+,52-/m1/s1. The van der Waals surface area contributed by atoms with E-state index in [-0.39, 0.29) is 60.9 Å². The Morgan fingerprint density at radius 2 is 1.64 bits per heavy atom. The summed E-state index contributed by atoms with van der Waals surface area (Å²) < 4.78 is 29.9. The number of Topliss-reactive ketones (excluding diaryl/α,β-unsaturated/α-hetero) is 3. The van der Waals surface area contributed by atoms with Gasteiger partial charge < -0.3 is 38.8 Å². The second-order valence-electron chi connectivity index (χ2n) is 20.3. The molecule has 0 unspecified atom stereocenters. The average Bonchev–Trinajstić information content (AvgIpc) is 3.88. The summed E-state index contributed by atoms with van der Waals surface area (Å²) in [5.74, 6) is -7.94. The number of esters is 1. The maximum absolute atomic E-state index is 14.5. The zero-order valence-electron chi connectivity index (χ0n) is 42.5. The predicted molar refractivity (Wildman–Crippen MR) is 256 cm³/mol. The van der Waals surface area contributed by atoms with Crippen molar-refractivity contribution in [2.75, 3.05) is 27.9 Å². The number of carbonyl (C=O) groups excluding carboxylic acids is 5. The number of nitrogens with zero attached hydrogens (tertiary/aromatic N) is 5. The molecule has 1 saturated carbocycles. The third-order valence-corrected chi connectivity index (χ3v) is 15.1. The first-order chi connectivity index (χ1) is 32.8. The minimum atomic E-state index is -2.43. The molecule has 0 spiro atoms. The number of amides is 1. The van der Waals surface area contributed by atoms with Crippen LogP contribution in [0.15, 0.2) is 53.9 Å². The molecule has 1 aromatic heterocycles. The number of rotatable bonds is 7. The second-order valence-corrected chi connectivity index (χ2v) is 20.3. The van der Waals surface area contributed by atoms with E-state index in [1.54, 1.807) is 45.9 Å².